The molecule has 5 heteroatoms. The number of hydrogen-bond donors (Lipinski definition) is 1. The third kappa shape index (κ3) is 3.68. The van der Waals surface area contributed by atoms with E-state index in [0.29, 0.717) is 4.80 Å². The molecule has 0 saturated heterocycles. The van der Waals surface area contributed by atoms with Crippen molar-refractivity contribution >= 4 is 28.5 Å². The summed E-state index contributed by atoms with van der Waals surface area (Å²) >= 11 is 1.38. The first-order valence-corrected chi connectivity index (χ1v) is 7.23. The first-order valence-electron chi connectivity index (χ1n) is 6.46. The predicted octanol–water partition coefficient (Wildman–Crippen LogP) is 4.03. The summed E-state index contributed by atoms with van der Waals surface area (Å²) in [4.78, 5) is 4.70. The molecule has 108 valence electrons. The van der Waals surface area contributed by atoms with Crippen molar-refractivity contribution in [2.45, 2.75) is 13.5 Å². The molecule has 3 nitrogen and oxygen atoms in total. The lowest BCUT2D eigenvalue weighted by Gasteiger charge is -2.06. The van der Waals surface area contributed by atoms with Crippen LogP contribution in [0.3, 0.4) is 0 Å². The molecule has 1 heterocycles. The number of nitrogens with one attached hydrogen (secondary N) is 1. The highest BCUT2D eigenvalue weighted by atomic mass is 79.9. The summed E-state index contributed by atoms with van der Waals surface area (Å²) in [7, 11) is 0. The summed E-state index contributed by atoms with van der Waals surface area (Å²) in [6.45, 7) is 2.82. The summed E-state index contributed by atoms with van der Waals surface area (Å²) in [6, 6.07) is 18.5. The zero-order valence-corrected chi connectivity index (χ0v) is 14.1. The Balaban J connectivity index is 0.00000161. The Morgan fingerprint density at radius 1 is 1.05 bits per heavy atom. The maximum atomic E-state index is 7.80. The van der Waals surface area contributed by atoms with Crippen molar-refractivity contribution in [3.05, 3.63) is 70.5 Å². The molecule has 2 aromatic carbocycles. The quantitative estimate of drug-likeness (QED) is 0.751. The van der Waals surface area contributed by atoms with Gasteiger partial charge in [-0.05, 0) is 24.0 Å². The lowest BCUT2D eigenvalue weighted by molar-refractivity contribution is 0.873. The summed E-state index contributed by atoms with van der Waals surface area (Å²) in [5.41, 5.74) is 3.50. The number of nitrogens with zero attached hydrogens (tertiary/aromatic N) is 2. The molecule has 0 saturated carbocycles. The van der Waals surface area contributed by atoms with Crippen LogP contribution in [0.1, 0.15) is 11.1 Å². The van der Waals surface area contributed by atoms with Gasteiger partial charge in [-0.1, -0.05) is 60.2 Å². The molecular weight excluding hydrogens is 346 g/mol. The predicted molar refractivity (Wildman–Crippen MR) is 92.0 cm³/mol. The highest BCUT2D eigenvalue weighted by Gasteiger charge is 2.08. The van der Waals surface area contributed by atoms with E-state index >= 15 is 0 Å². The van der Waals surface area contributed by atoms with Gasteiger partial charge in [0, 0.05) is 5.56 Å². The zero-order valence-electron chi connectivity index (χ0n) is 11.6. The number of aromatic nitrogens is 2. The average Bonchev–Trinajstić information content (AvgIpc) is 2.81. The van der Waals surface area contributed by atoms with Gasteiger partial charge in [-0.2, -0.15) is 4.98 Å². The van der Waals surface area contributed by atoms with E-state index in [-0.39, 0.29) is 17.0 Å². The maximum absolute atomic E-state index is 7.80. The number of aryl methyl sites for hydroxylation is 1. The Bertz CT molecular complexity index is 760. The van der Waals surface area contributed by atoms with Crippen molar-refractivity contribution in [1.29, 1.82) is 5.41 Å². The van der Waals surface area contributed by atoms with Gasteiger partial charge in [0.25, 0.3) is 0 Å². The number of rotatable bonds is 3. The van der Waals surface area contributed by atoms with Crippen molar-refractivity contribution in [3.8, 4) is 11.4 Å². The fraction of sp³-hybridized carbons (Fsp3) is 0.125. The Morgan fingerprint density at radius 2 is 1.71 bits per heavy atom. The number of halogens is 1. The largest absolute Gasteiger partial charge is 0.274 e. The summed E-state index contributed by atoms with van der Waals surface area (Å²) in [5.74, 6) is 0.865. The minimum atomic E-state index is 0. The smallest absolute Gasteiger partial charge is 0.219 e. The molecule has 0 unspecified atom stereocenters. The summed E-state index contributed by atoms with van der Waals surface area (Å²) in [6.07, 6.45) is 0. The topological polar surface area (TPSA) is 41.7 Å². The molecule has 0 spiro atoms. The Hall–Kier alpha value is -1.72. The van der Waals surface area contributed by atoms with Crippen LogP contribution in [0.25, 0.3) is 11.4 Å². The van der Waals surface area contributed by atoms with Crippen LogP contribution in [-0.2, 0) is 6.54 Å². The zero-order chi connectivity index (χ0) is 13.9. The third-order valence-electron chi connectivity index (χ3n) is 3.12. The lowest BCUT2D eigenvalue weighted by Crippen LogP contribution is -1.99. The molecule has 0 radical (unpaired) electrons. The van der Waals surface area contributed by atoms with E-state index in [1.165, 1.54) is 22.7 Å². The van der Waals surface area contributed by atoms with Crippen LogP contribution in [0.5, 0.6) is 0 Å². The summed E-state index contributed by atoms with van der Waals surface area (Å²) < 4.78 is 2.07. The molecule has 1 aromatic heterocycles. The Morgan fingerprint density at radius 3 is 2.38 bits per heavy atom. The molecule has 3 aromatic rings. The van der Waals surface area contributed by atoms with Gasteiger partial charge in [-0.15, -0.1) is 17.0 Å². The van der Waals surface area contributed by atoms with Gasteiger partial charge in [0.05, 0.1) is 6.54 Å². The first kappa shape index (κ1) is 15.7. The second-order valence-electron chi connectivity index (χ2n) is 4.72. The van der Waals surface area contributed by atoms with E-state index in [4.69, 9.17) is 5.41 Å². The second-order valence-corrected chi connectivity index (χ2v) is 5.73. The molecular formula is C16H16BrN3S. The van der Waals surface area contributed by atoms with Crippen molar-refractivity contribution < 1.29 is 0 Å². The molecule has 0 aliphatic rings. The molecule has 0 atom stereocenters. The molecule has 1 N–H and O–H groups in total. The highest BCUT2D eigenvalue weighted by Crippen LogP contribution is 2.19. The van der Waals surface area contributed by atoms with Crippen LogP contribution in [0.15, 0.2) is 54.6 Å². The fourth-order valence-electron chi connectivity index (χ4n) is 2.09. The highest BCUT2D eigenvalue weighted by molar-refractivity contribution is 8.93. The molecule has 0 aliphatic carbocycles. The first-order chi connectivity index (χ1) is 9.72. The van der Waals surface area contributed by atoms with Crippen LogP contribution < -0.4 is 4.80 Å². The van der Waals surface area contributed by atoms with E-state index in [1.807, 2.05) is 18.2 Å². The number of hydrogen-bond acceptors (Lipinski definition) is 3. The van der Waals surface area contributed by atoms with Gasteiger partial charge in [0.1, 0.15) is 0 Å². The van der Waals surface area contributed by atoms with Crippen LogP contribution in [0, 0.1) is 12.3 Å². The monoisotopic (exact) mass is 361 g/mol. The second kappa shape index (κ2) is 6.83. The van der Waals surface area contributed by atoms with Gasteiger partial charge in [0.2, 0.25) is 4.80 Å². The van der Waals surface area contributed by atoms with E-state index in [2.05, 4.69) is 52.3 Å². The van der Waals surface area contributed by atoms with E-state index < -0.39 is 0 Å². The maximum Gasteiger partial charge on any atom is 0.219 e. The van der Waals surface area contributed by atoms with Crippen LogP contribution in [-0.4, -0.2) is 8.94 Å². The Kier molecular flexibility index (Phi) is 5.09. The van der Waals surface area contributed by atoms with Crippen LogP contribution in [0.2, 0.25) is 0 Å². The van der Waals surface area contributed by atoms with Crippen LogP contribution in [0.4, 0.5) is 0 Å². The van der Waals surface area contributed by atoms with Crippen LogP contribution >= 0.6 is 28.5 Å². The molecule has 21 heavy (non-hydrogen) atoms. The average molecular weight is 362 g/mol. The molecule has 0 fully saturated rings. The molecule has 0 bridgehead atoms. The minimum absolute atomic E-state index is 0. The normalized spacial score (nSPS) is 10.1. The number of benzene rings is 2. The van der Waals surface area contributed by atoms with E-state index in [0.717, 1.165) is 17.9 Å². The van der Waals surface area contributed by atoms with Crippen molar-refractivity contribution in [2.75, 3.05) is 0 Å². The van der Waals surface area contributed by atoms with Gasteiger partial charge < -0.3 is 0 Å². The van der Waals surface area contributed by atoms with Gasteiger partial charge in [0.15, 0.2) is 5.82 Å². The van der Waals surface area contributed by atoms with E-state index in [1.54, 1.807) is 0 Å². The summed E-state index contributed by atoms with van der Waals surface area (Å²) in [5, 5.41) is 7.80. The van der Waals surface area contributed by atoms with Crippen molar-refractivity contribution in [1.82, 2.24) is 8.94 Å². The molecule has 0 amide bonds. The van der Waals surface area contributed by atoms with Crippen molar-refractivity contribution in [2.24, 2.45) is 0 Å². The molecule has 3 rings (SSSR count). The van der Waals surface area contributed by atoms with E-state index in [9.17, 15) is 0 Å². The standard InChI is InChI=1S/C16H15N3S.BrH/c1-12-7-9-14(10-8-12)15-18-16(17)20-19(15)11-13-5-3-2-4-6-13;/h2-10,17H,11H2,1H3;1H. The minimum Gasteiger partial charge on any atom is -0.274 e. The molecule has 0 aliphatic heterocycles. The van der Waals surface area contributed by atoms with Gasteiger partial charge in [-0.25, -0.2) is 0 Å². The SMILES string of the molecule is Br.Cc1ccc(-c2nc(=N)sn2Cc2ccccc2)cc1. The van der Waals surface area contributed by atoms with Gasteiger partial charge in [-0.3, -0.25) is 9.37 Å². The third-order valence-corrected chi connectivity index (χ3v) is 3.91. The lowest BCUT2D eigenvalue weighted by atomic mass is 10.1. The van der Waals surface area contributed by atoms with Gasteiger partial charge >= 0.3 is 0 Å². The fourth-order valence-corrected chi connectivity index (χ4v) is 2.87. The van der Waals surface area contributed by atoms with Crippen molar-refractivity contribution in [3.63, 3.8) is 0 Å². The Labute approximate surface area is 138 Å².